The van der Waals surface area contributed by atoms with Crippen LogP contribution in [0.4, 0.5) is 4.79 Å². The number of hydrogen-bond acceptors (Lipinski definition) is 5. The van der Waals surface area contributed by atoms with Gasteiger partial charge < -0.3 is 24.8 Å². The van der Waals surface area contributed by atoms with Gasteiger partial charge in [-0.15, -0.1) is 0 Å². The Bertz CT molecular complexity index is 748. The summed E-state index contributed by atoms with van der Waals surface area (Å²) in [7, 11) is 1.56. The van der Waals surface area contributed by atoms with E-state index in [-0.39, 0.29) is 12.6 Å². The molecular formula is C19H25IN2O5. The summed E-state index contributed by atoms with van der Waals surface area (Å²) in [4.78, 5) is 24.9. The van der Waals surface area contributed by atoms with Crippen LogP contribution in [-0.4, -0.2) is 32.3 Å². The normalized spacial score (nSPS) is 16.5. The molecule has 1 aliphatic heterocycles. The van der Waals surface area contributed by atoms with Gasteiger partial charge in [0.05, 0.1) is 35.5 Å². The minimum absolute atomic E-state index is 0.256. The Morgan fingerprint density at radius 3 is 2.56 bits per heavy atom. The highest BCUT2D eigenvalue weighted by atomic mass is 127. The number of carbonyl (C=O) groups excluding carboxylic acids is 2. The lowest BCUT2D eigenvalue weighted by Gasteiger charge is -2.30. The third-order valence-electron chi connectivity index (χ3n) is 4.02. The summed E-state index contributed by atoms with van der Waals surface area (Å²) in [5.41, 5.74) is 1.74. The molecule has 0 saturated heterocycles. The van der Waals surface area contributed by atoms with Crippen LogP contribution >= 0.6 is 22.6 Å². The topological polar surface area (TPSA) is 85.9 Å². The first kappa shape index (κ1) is 21.3. The summed E-state index contributed by atoms with van der Waals surface area (Å²) in [6.07, 6.45) is 1.36. The van der Waals surface area contributed by atoms with E-state index < -0.39 is 12.0 Å². The third kappa shape index (κ3) is 4.85. The molecule has 0 bridgehead atoms. The van der Waals surface area contributed by atoms with Crippen LogP contribution in [0.5, 0.6) is 11.5 Å². The summed E-state index contributed by atoms with van der Waals surface area (Å²) in [6, 6.07) is 2.69. The van der Waals surface area contributed by atoms with E-state index in [1.54, 1.807) is 20.1 Å². The minimum atomic E-state index is -0.627. The standard InChI is InChI=1S/C19H25IN2O5/c1-5-8-13-15(18(23)27-7-3)16(22-19(24)21-13)11-9-12(20)17(26-6-2)14(10-11)25-4/h9-10,16H,5-8H2,1-4H3,(H2,21,22,24). The van der Waals surface area contributed by atoms with Crippen molar-refractivity contribution < 1.29 is 23.8 Å². The van der Waals surface area contributed by atoms with E-state index in [2.05, 4.69) is 33.2 Å². The van der Waals surface area contributed by atoms with E-state index in [0.29, 0.717) is 35.8 Å². The van der Waals surface area contributed by atoms with Crippen molar-refractivity contribution in [3.63, 3.8) is 0 Å². The van der Waals surface area contributed by atoms with Gasteiger partial charge in [0, 0.05) is 5.70 Å². The zero-order chi connectivity index (χ0) is 20.0. The van der Waals surface area contributed by atoms with E-state index in [0.717, 1.165) is 15.6 Å². The maximum Gasteiger partial charge on any atom is 0.338 e. The predicted octanol–water partition coefficient (Wildman–Crippen LogP) is 3.67. The maximum absolute atomic E-state index is 12.7. The lowest BCUT2D eigenvalue weighted by atomic mass is 9.93. The average Bonchev–Trinajstić information content (AvgIpc) is 2.63. The van der Waals surface area contributed by atoms with E-state index in [9.17, 15) is 9.59 Å². The van der Waals surface area contributed by atoms with Crippen molar-refractivity contribution >= 4 is 34.6 Å². The monoisotopic (exact) mass is 488 g/mol. The fraction of sp³-hybridized carbons (Fsp3) is 0.474. The number of methoxy groups -OCH3 is 1. The summed E-state index contributed by atoms with van der Waals surface area (Å²) in [5.74, 6) is 0.744. The van der Waals surface area contributed by atoms with Gasteiger partial charge >= 0.3 is 12.0 Å². The fourth-order valence-electron chi connectivity index (χ4n) is 2.96. The van der Waals surface area contributed by atoms with Crippen LogP contribution in [0.25, 0.3) is 0 Å². The lowest BCUT2D eigenvalue weighted by Crippen LogP contribution is -2.46. The van der Waals surface area contributed by atoms with E-state index in [1.165, 1.54) is 0 Å². The molecule has 2 rings (SSSR count). The number of rotatable bonds is 8. The Hall–Kier alpha value is -1.97. The summed E-state index contributed by atoms with van der Waals surface area (Å²) in [6.45, 7) is 6.40. The maximum atomic E-state index is 12.7. The molecule has 0 fully saturated rings. The van der Waals surface area contributed by atoms with Crippen molar-refractivity contribution in [2.75, 3.05) is 20.3 Å². The van der Waals surface area contributed by atoms with Gasteiger partial charge in [-0.2, -0.15) is 0 Å². The molecular weight excluding hydrogens is 463 g/mol. The molecule has 0 saturated carbocycles. The first-order valence-corrected chi connectivity index (χ1v) is 10.0. The number of ether oxygens (including phenoxy) is 3. The first-order valence-electron chi connectivity index (χ1n) is 8.94. The number of benzene rings is 1. The molecule has 1 atom stereocenters. The number of hydrogen-bond donors (Lipinski definition) is 2. The molecule has 0 aliphatic carbocycles. The van der Waals surface area contributed by atoms with Crippen molar-refractivity contribution in [2.45, 2.75) is 39.7 Å². The highest BCUT2D eigenvalue weighted by Crippen LogP contribution is 2.38. The molecule has 2 amide bonds. The van der Waals surface area contributed by atoms with Crippen LogP contribution in [0.15, 0.2) is 23.4 Å². The van der Waals surface area contributed by atoms with Crippen LogP contribution in [0, 0.1) is 3.57 Å². The highest BCUT2D eigenvalue weighted by molar-refractivity contribution is 14.1. The molecule has 0 spiro atoms. The van der Waals surface area contributed by atoms with Crippen LogP contribution in [0.3, 0.4) is 0 Å². The molecule has 0 radical (unpaired) electrons. The summed E-state index contributed by atoms with van der Waals surface area (Å²) >= 11 is 2.16. The van der Waals surface area contributed by atoms with Gasteiger partial charge in [0.1, 0.15) is 0 Å². The second kappa shape index (κ2) is 9.82. The van der Waals surface area contributed by atoms with Gasteiger partial charge in [0.15, 0.2) is 11.5 Å². The quantitative estimate of drug-likeness (QED) is 0.431. The molecule has 1 aromatic carbocycles. The Morgan fingerprint density at radius 1 is 1.22 bits per heavy atom. The Kier molecular flexibility index (Phi) is 7.76. The highest BCUT2D eigenvalue weighted by Gasteiger charge is 2.34. The van der Waals surface area contributed by atoms with Gasteiger partial charge in [-0.05, 0) is 60.6 Å². The van der Waals surface area contributed by atoms with Gasteiger partial charge in [0.25, 0.3) is 0 Å². The number of amides is 2. The SMILES string of the molecule is CCCC1=C(C(=O)OCC)C(c2cc(I)c(OCC)c(OC)c2)NC(=O)N1. The molecule has 1 unspecified atom stereocenters. The van der Waals surface area contributed by atoms with Gasteiger partial charge in [-0.1, -0.05) is 13.3 Å². The number of halogens is 1. The zero-order valence-electron chi connectivity index (χ0n) is 16.0. The second-order valence-corrected chi connectivity index (χ2v) is 7.02. The Morgan fingerprint density at radius 2 is 1.96 bits per heavy atom. The lowest BCUT2D eigenvalue weighted by molar-refractivity contribution is -0.139. The van der Waals surface area contributed by atoms with Gasteiger partial charge in [0.2, 0.25) is 0 Å². The van der Waals surface area contributed by atoms with Gasteiger partial charge in [-0.25, -0.2) is 9.59 Å². The van der Waals surface area contributed by atoms with Crippen molar-refractivity contribution in [1.29, 1.82) is 0 Å². The van der Waals surface area contributed by atoms with Crippen LogP contribution in [-0.2, 0) is 9.53 Å². The van der Waals surface area contributed by atoms with E-state index >= 15 is 0 Å². The third-order valence-corrected chi connectivity index (χ3v) is 4.82. The fourth-order valence-corrected chi connectivity index (χ4v) is 3.74. The molecule has 0 aromatic heterocycles. The molecule has 7 nitrogen and oxygen atoms in total. The van der Waals surface area contributed by atoms with Crippen molar-refractivity contribution in [3.05, 3.63) is 32.5 Å². The molecule has 8 heteroatoms. The molecule has 1 aliphatic rings. The van der Waals surface area contributed by atoms with E-state index in [1.807, 2.05) is 19.9 Å². The molecule has 2 N–H and O–H groups in total. The Balaban J connectivity index is 2.58. The van der Waals surface area contributed by atoms with Gasteiger partial charge in [-0.3, -0.25) is 0 Å². The summed E-state index contributed by atoms with van der Waals surface area (Å²) in [5, 5.41) is 5.58. The molecule has 27 heavy (non-hydrogen) atoms. The number of esters is 1. The number of carbonyl (C=O) groups is 2. The van der Waals surface area contributed by atoms with Crippen LogP contribution < -0.4 is 20.1 Å². The average molecular weight is 488 g/mol. The molecule has 1 aromatic rings. The second-order valence-electron chi connectivity index (χ2n) is 5.86. The number of urea groups is 1. The van der Waals surface area contributed by atoms with Crippen LogP contribution in [0.2, 0.25) is 0 Å². The predicted molar refractivity (Wildman–Crippen MR) is 110 cm³/mol. The minimum Gasteiger partial charge on any atom is -0.493 e. The van der Waals surface area contributed by atoms with Crippen molar-refractivity contribution in [2.24, 2.45) is 0 Å². The first-order chi connectivity index (χ1) is 13.0. The van der Waals surface area contributed by atoms with Crippen molar-refractivity contribution in [3.8, 4) is 11.5 Å². The summed E-state index contributed by atoms with van der Waals surface area (Å²) < 4.78 is 17.2. The van der Waals surface area contributed by atoms with Crippen LogP contribution in [0.1, 0.15) is 45.2 Å². The number of nitrogens with one attached hydrogen (secondary N) is 2. The van der Waals surface area contributed by atoms with E-state index in [4.69, 9.17) is 14.2 Å². The van der Waals surface area contributed by atoms with Crippen molar-refractivity contribution in [1.82, 2.24) is 10.6 Å². The number of allylic oxidation sites excluding steroid dienone is 1. The Labute approximate surface area is 173 Å². The smallest absolute Gasteiger partial charge is 0.338 e. The largest absolute Gasteiger partial charge is 0.493 e. The molecule has 148 valence electrons. The molecule has 1 heterocycles. The zero-order valence-corrected chi connectivity index (χ0v) is 18.1.